The quantitative estimate of drug-likeness (QED) is 0.428. The summed E-state index contributed by atoms with van der Waals surface area (Å²) in [6, 6.07) is 7.36. The number of amides is 1. The van der Waals surface area contributed by atoms with Crippen LogP contribution in [0.25, 0.3) is 0 Å². The van der Waals surface area contributed by atoms with Crippen LogP contribution in [0.15, 0.2) is 30.6 Å². The minimum absolute atomic E-state index is 0.0312. The van der Waals surface area contributed by atoms with E-state index in [2.05, 4.69) is 21.8 Å². The number of hydrogen-bond donors (Lipinski definition) is 1. The first-order valence-electron chi connectivity index (χ1n) is 14.0. The van der Waals surface area contributed by atoms with Gasteiger partial charge in [0.15, 0.2) is 0 Å². The molecular weight excluding hydrogens is 538 g/mol. The Morgan fingerprint density at radius 1 is 1.13 bits per heavy atom. The molecule has 2 heterocycles. The topological polar surface area (TPSA) is 107 Å². The lowest BCUT2D eigenvalue weighted by Crippen LogP contribution is -2.52. The number of benzene rings is 1. The lowest BCUT2D eigenvalue weighted by atomic mass is 9.84. The Kier molecular flexibility index (Phi) is 8.75. The lowest BCUT2D eigenvalue weighted by Gasteiger charge is -2.39. The molecule has 2 fully saturated rings. The monoisotopic (exact) mass is 575 g/mol. The zero-order valence-corrected chi connectivity index (χ0v) is 24.1. The van der Waals surface area contributed by atoms with Gasteiger partial charge in [-0.05, 0) is 55.2 Å². The van der Waals surface area contributed by atoms with Gasteiger partial charge in [-0.3, -0.25) is 9.35 Å². The molecule has 3 aliphatic rings. The first kappa shape index (κ1) is 28.3. The molecule has 1 saturated carbocycles. The van der Waals surface area contributed by atoms with Crippen LogP contribution in [0.4, 0.5) is 5.82 Å². The first-order valence-corrected chi connectivity index (χ1v) is 16.0. The van der Waals surface area contributed by atoms with E-state index in [0.29, 0.717) is 49.6 Å². The molecule has 0 bridgehead atoms. The zero-order valence-electron chi connectivity index (χ0n) is 22.5. The van der Waals surface area contributed by atoms with Gasteiger partial charge in [0, 0.05) is 62.1 Å². The molecular formula is C28H38ClN5O4S. The average molecular weight is 576 g/mol. The number of carbonyl (C=O) groups excluding carboxylic acids is 1. The van der Waals surface area contributed by atoms with Crippen molar-refractivity contribution in [3.63, 3.8) is 0 Å². The van der Waals surface area contributed by atoms with Crippen LogP contribution >= 0.6 is 11.6 Å². The number of rotatable bonds is 10. The van der Waals surface area contributed by atoms with E-state index in [1.165, 1.54) is 12.0 Å². The van der Waals surface area contributed by atoms with Gasteiger partial charge >= 0.3 is 0 Å². The smallest absolute Gasteiger partial charge is 0.266 e. The molecule has 0 radical (unpaired) electrons. The van der Waals surface area contributed by atoms with Crippen molar-refractivity contribution in [2.24, 2.45) is 5.92 Å². The fourth-order valence-corrected chi connectivity index (χ4v) is 6.67. The molecule has 2 aliphatic carbocycles. The van der Waals surface area contributed by atoms with Crippen molar-refractivity contribution in [2.45, 2.75) is 50.9 Å². The number of aryl methyl sites for hydroxylation is 1. The van der Waals surface area contributed by atoms with E-state index in [0.717, 1.165) is 49.3 Å². The van der Waals surface area contributed by atoms with Crippen LogP contribution in [0.3, 0.4) is 0 Å². The largest absolute Gasteiger partial charge is 0.353 e. The second-order valence-corrected chi connectivity index (χ2v) is 13.3. The maximum absolute atomic E-state index is 14.0. The summed E-state index contributed by atoms with van der Waals surface area (Å²) in [7, 11) is -4.10. The molecule has 1 amide bonds. The maximum Gasteiger partial charge on any atom is 0.266 e. The summed E-state index contributed by atoms with van der Waals surface area (Å²) >= 11 is 6.15. The number of anilines is 1. The van der Waals surface area contributed by atoms with E-state index in [1.807, 2.05) is 21.9 Å². The normalized spacial score (nSPS) is 20.7. The predicted molar refractivity (Wildman–Crippen MR) is 152 cm³/mol. The zero-order chi connectivity index (χ0) is 27.6. The molecule has 2 atom stereocenters. The predicted octanol–water partition coefficient (Wildman–Crippen LogP) is 3.60. The third kappa shape index (κ3) is 6.90. The van der Waals surface area contributed by atoms with E-state index in [9.17, 15) is 17.8 Å². The summed E-state index contributed by atoms with van der Waals surface area (Å²) in [5.74, 6) is 1.16. The molecule has 0 spiro atoms. The van der Waals surface area contributed by atoms with E-state index in [4.69, 9.17) is 11.6 Å². The second kappa shape index (κ2) is 12.1. The van der Waals surface area contributed by atoms with E-state index >= 15 is 0 Å². The third-order valence-corrected chi connectivity index (χ3v) is 9.51. The van der Waals surface area contributed by atoms with Crippen molar-refractivity contribution < 1.29 is 17.8 Å². The molecule has 212 valence electrons. The summed E-state index contributed by atoms with van der Waals surface area (Å²) in [4.78, 5) is 29.4. The summed E-state index contributed by atoms with van der Waals surface area (Å²) in [6.07, 6.45) is 7.13. The number of aromatic nitrogens is 2. The molecule has 9 nitrogen and oxygen atoms in total. The number of halogens is 1. The maximum atomic E-state index is 14.0. The summed E-state index contributed by atoms with van der Waals surface area (Å²) < 4.78 is 32.5. The Morgan fingerprint density at radius 3 is 2.49 bits per heavy atom. The Labute approximate surface area is 236 Å². The van der Waals surface area contributed by atoms with Gasteiger partial charge in [-0.15, -0.1) is 0 Å². The third-order valence-electron chi connectivity index (χ3n) is 8.56. The van der Waals surface area contributed by atoms with Gasteiger partial charge in [0.05, 0.1) is 11.7 Å². The number of piperazine rings is 1. The Bertz CT molecular complexity index is 1260. The van der Waals surface area contributed by atoms with Gasteiger partial charge in [-0.2, -0.15) is 8.42 Å². The highest BCUT2D eigenvalue weighted by Gasteiger charge is 2.34. The fraction of sp³-hybridized carbons (Fsp3) is 0.607. The van der Waals surface area contributed by atoms with Crippen LogP contribution in [0.5, 0.6) is 0 Å². The Hall–Kier alpha value is -2.27. The van der Waals surface area contributed by atoms with Crippen molar-refractivity contribution in [3.05, 3.63) is 52.4 Å². The molecule has 1 aliphatic heterocycles. The lowest BCUT2D eigenvalue weighted by molar-refractivity contribution is -0.133. The van der Waals surface area contributed by atoms with Gasteiger partial charge in [0.1, 0.15) is 12.1 Å². The van der Waals surface area contributed by atoms with Gasteiger partial charge < -0.3 is 14.7 Å². The molecule has 11 heteroatoms. The molecule has 2 unspecified atom stereocenters. The van der Waals surface area contributed by atoms with Crippen molar-refractivity contribution >= 4 is 33.4 Å². The summed E-state index contributed by atoms with van der Waals surface area (Å²) in [5, 5.41) is 0.600. The number of fused-ring (bicyclic) bond motifs is 1. The average Bonchev–Trinajstić information content (AvgIpc) is 3.28. The van der Waals surface area contributed by atoms with Gasteiger partial charge in [-0.25, -0.2) is 9.97 Å². The van der Waals surface area contributed by atoms with Crippen molar-refractivity contribution in [1.29, 1.82) is 0 Å². The van der Waals surface area contributed by atoms with Crippen molar-refractivity contribution in [3.8, 4) is 0 Å². The van der Waals surface area contributed by atoms with Crippen LogP contribution in [-0.2, 0) is 21.3 Å². The molecule has 2 aromatic rings. The number of hydrogen-bond acceptors (Lipinski definition) is 7. The molecule has 1 aromatic carbocycles. The number of nitrogens with zero attached hydrogens (tertiary/aromatic N) is 5. The van der Waals surface area contributed by atoms with E-state index in [1.54, 1.807) is 18.5 Å². The second-order valence-electron chi connectivity index (χ2n) is 11.3. The standard InChI is InChI=1S/C28H38ClN5O4S/c1-20-5-10-25-26(20)27(31-19-30-25)33-11-13-34(14-12-33)28(35)24(22-6-8-23(29)9-7-22)18-32(15-16-39(36,37)38)17-21-3-2-4-21/h6-9,19-21,24H,2-5,10-18H2,1H3,(H,36,37,38). The van der Waals surface area contributed by atoms with Crippen LogP contribution in [0.2, 0.25) is 5.02 Å². The molecule has 39 heavy (non-hydrogen) atoms. The van der Waals surface area contributed by atoms with Gasteiger partial charge in [0.2, 0.25) is 5.91 Å². The number of carbonyl (C=O) groups is 1. The molecule has 5 rings (SSSR count). The minimum Gasteiger partial charge on any atom is -0.353 e. The van der Waals surface area contributed by atoms with Gasteiger partial charge in [-0.1, -0.05) is 37.1 Å². The minimum atomic E-state index is -4.10. The molecule has 1 aromatic heterocycles. The van der Waals surface area contributed by atoms with E-state index < -0.39 is 16.0 Å². The molecule has 1 N–H and O–H groups in total. The van der Waals surface area contributed by atoms with Crippen LogP contribution in [-0.4, -0.2) is 90.2 Å². The van der Waals surface area contributed by atoms with Gasteiger partial charge in [0.25, 0.3) is 10.1 Å². The molecule has 1 saturated heterocycles. The first-order chi connectivity index (χ1) is 18.7. The van der Waals surface area contributed by atoms with Crippen molar-refractivity contribution in [2.75, 3.05) is 56.5 Å². The SMILES string of the molecule is CC1CCc2ncnc(N3CCN(C(=O)C(CN(CCS(=O)(=O)O)CC4CCC4)c4ccc(Cl)cc4)CC3)c21. The van der Waals surface area contributed by atoms with E-state index in [-0.39, 0.29) is 18.2 Å². The van der Waals surface area contributed by atoms with Crippen molar-refractivity contribution in [1.82, 2.24) is 19.8 Å². The van der Waals surface area contributed by atoms with Crippen LogP contribution in [0, 0.1) is 5.92 Å². The summed E-state index contributed by atoms with van der Waals surface area (Å²) in [6.45, 7) is 6.10. The Morgan fingerprint density at radius 2 is 1.85 bits per heavy atom. The Balaban J connectivity index is 1.31. The highest BCUT2D eigenvalue weighted by atomic mass is 35.5. The van der Waals surface area contributed by atoms with Crippen LogP contribution < -0.4 is 4.90 Å². The highest BCUT2D eigenvalue weighted by molar-refractivity contribution is 7.85. The highest BCUT2D eigenvalue weighted by Crippen LogP contribution is 2.37. The summed E-state index contributed by atoms with van der Waals surface area (Å²) in [5.41, 5.74) is 3.26. The van der Waals surface area contributed by atoms with Crippen LogP contribution in [0.1, 0.15) is 61.3 Å². The fourth-order valence-electron chi connectivity index (χ4n) is 6.06.